The Morgan fingerprint density at radius 1 is 1.27 bits per heavy atom. The lowest BCUT2D eigenvalue weighted by Gasteiger charge is -2.06. The molecule has 0 amide bonds. The first-order chi connectivity index (χ1) is 7.31. The Labute approximate surface area is 90.2 Å². The van der Waals surface area contributed by atoms with Gasteiger partial charge in [0.1, 0.15) is 12.4 Å². The third-order valence-corrected chi connectivity index (χ3v) is 2.70. The average molecular weight is 207 g/mol. The third kappa shape index (κ3) is 2.70. The van der Waals surface area contributed by atoms with Gasteiger partial charge >= 0.3 is 0 Å². The molecule has 2 unspecified atom stereocenters. The lowest BCUT2D eigenvalue weighted by molar-refractivity contribution is 0.146. The van der Waals surface area contributed by atoms with E-state index in [9.17, 15) is 0 Å². The molecule has 1 aromatic rings. The molecule has 3 heteroatoms. The molecule has 0 aliphatic heterocycles. The molecule has 2 N–H and O–H groups in total. The fourth-order valence-corrected chi connectivity index (χ4v) is 1.65. The van der Waals surface area contributed by atoms with E-state index < -0.39 is 0 Å². The summed E-state index contributed by atoms with van der Waals surface area (Å²) in [6.45, 7) is 1.22. The van der Waals surface area contributed by atoms with Crippen LogP contribution in [-0.4, -0.2) is 26.4 Å². The van der Waals surface area contributed by atoms with Gasteiger partial charge in [0.05, 0.1) is 6.61 Å². The summed E-state index contributed by atoms with van der Waals surface area (Å²) in [7, 11) is 1.67. The van der Waals surface area contributed by atoms with Gasteiger partial charge in [-0.25, -0.2) is 0 Å². The molecule has 82 valence electrons. The van der Waals surface area contributed by atoms with Crippen molar-refractivity contribution >= 4 is 0 Å². The molecule has 0 saturated heterocycles. The zero-order valence-corrected chi connectivity index (χ0v) is 8.98. The maximum atomic E-state index is 5.79. The smallest absolute Gasteiger partial charge is 0.119 e. The van der Waals surface area contributed by atoms with Crippen LogP contribution in [0, 0.1) is 0 Å². The lowest BCUT2D eigenvalue weighted by Crippen LogP contribution is -2.04. The van der Waals surface area contributed by atoms with E-state index in [2.05, 4.69) is 12.1 Å². The number of ether oxygens (including phenoxy) is 2. The van der Waals surface area contributed by atoms with Crippen LogP contribution < -0.4 is 10.5 Å². The van der Waals surface area contributed by atoms with Crippen molar-refractivity contribution in [2.75, 3.05) is 20.3 Å². The van der Waals surface area contributed by atoms with Gasteiger partial charge in [0.2, 0.25) is 0 Å². The minimum absolute atomic E-state index is 0.366. The maximum Gasteiger partial charge on any atom is 0.119 e. The fraction of sp³-hybridized carbons (Fsp3) is 0.500. The molecule has 2 rings (SSSR count). The first kappa shape index (κ1) is 10.5. The number of benzene rings is 1. The van der Waals surface area contributed by atoms with E-state index in [1.54, 1.807) is 7.11 Å². The van der Waals surface area contributed by atoms with Gasteiger partial charge in [-0.3, -0.25) is 0 Å². The molecule has 15 heavy (non-hydrogen) atoms. The minimum atomic E-state index is 0.366. The fourth-order valence-electron chi connectivity index (χ4n) is 1.65. The average Bonchev–Trinajstić information content (AvgIpc) is 2.97. The van der Waals surface area contributed by atoms with Gasteiger partial charge in [0.15, 0.2) is 0 Å². The summed E-state index contributed by atoms with van der Waals surface area (Å²) >= 11 is 0. The van der Waals surface area contributed by atoms with Crippen LogP contribution in [0.5, 0.6) is 5.75 Å². The molecule has 0 spiro atoms. The standard InChI is InChI=1S/C12H17NO2/c1-14-6-7-15-10-4-2-9(3-5-10)11-8-12(11)13/h2-5,11-12H,6-8,13H2,1H3. The highest BCUT2D eigenvalue weighted by Crippen LogP contribution is 2.39. The van der Waals surface area contributed by atoms with Crippen LogP contribution in [0.2, 0.25) is 0 Å². The molecule has 1 aromatic carbocycles. The van der Waals surface area contributed by atoms with E-state index in [1.807, 2.05) is 12.1 Å². The van der Waals surface area contributed by atoms with Crippen LogP contribution in [-0.2, 0) is 4.74 Å². The number of hydrogen-bond acceptors (Lipinski definition) is 3. The van der Waals surface area contributed by atoms with Crippen molar-refractivity contribution in [2.24, 2.45) is 5.73 Å². The first-order valence-corrected chi connectivity index (χ1v) is 5.28. The molecule has 0 aromatic heterocycles. The Morgan fingerprint density at radius 2 is 1.93 bits per heavy atom. The molecule has 1 aliphatic rings. The van der Waals surface area contributed by atoms with Gasteiger partial charge in [-0.1, -0.05) is 12.1 Å². The second kappa shape index (κ2) is 4.64. The van der Waals surface area contributed by atoms with E-state index in [-0.39, 0.29) is 0 Å². The minimum Gasteiger partial charge on any atom is -0.491 e. The highest BCUT2D eigenvalue weighted by Gasteiger charge is 2.34. The van der Waals surface area contributed by atoms with E-state index in [1.165, 1.54) is 5.56 Å². The molecule has 0 radical (unpaired) electrons. The molecule has 3 nitrogen and oxygen atoms in total. The summed E-state index contributed by atoms with van der Waals surface area (Å²) < 4.78 is 10.4. The van der Waals surface area contributed by atoms with E-state index in [4.69, 9.17) is 15.2 Å². The normalized spacial score (nSPS) is 23.9. The SMILES string of the molecule is COCCOc1ccc(C2CC2N)cc1. The van der Waals surface area contributed by atoms with Crippen molar-refractivity contribution in [3.05, 3.63) is 29.8 Å². The molecule has 0 bridgehead atoms. The van der Waals surface area contributed by atoms with Crippen LogP contribution in [0.15, 0.2) is 24.3 Å². The highest BCUT2D eigenvalue weighted by atomic mass is 16.5. The molecule has 0 heterocycles. The summed E-state index contributed by atoms with van der Waals surface area (Å²) in [5.74, 6) is 1.46. The molecular formula is C12H17NO2. The zero-order chi connectivity index (χ0) is 10.7. The van der Waals surface area contributed by atoms with Crippen LogP contribution >= 0.6 is 0 Å². The first-order valence-electron chi connectivity index (χ1n) is 5.28. The monoisotopic (exact) mass is 207 g/mol. The Kier molecular flexibility index (Phi) is 3.23. The van der Waals surface area contributed by atoms with Crippen LogP contribution in [0.1, 0.15) is 17.9 Å². The van der Waals surface area contributed by atoms with E-state index >= 15 is 0 Å². The van der Waals surface area contributed by atoms with Crippen LogP contribution in [0.25, 0.3) is 0 Å². The third-order valence-electron chi connectivity index (χ3n) is 2.70. The number of methoxy groups -OCH3 is 1. The van der Waals surface area contributed by atoms with Crippen molar-refractivity contribution in [2.45, 2.75) is 18.4 Å². The largest absolute Gasteiger partial charge is 0.491 e. The van der Waals surface area contributed by atoms with E-state index in [0.29, 0.717) is 25.2 Å². The van der Waals surface area contributed by atoms with Crippen molar-refractivity contribution in [3.63, 3.8) is 0 Å². The summed E-state index contributed by atoms with van der Waals surface area (Å²) in [4.78, 5) is 0. The zero-order valence-electron chi connectivity index (χ0n) is 8.98. The van der Waals surface area contributed by atoms with Gasteiger partial charge in [0, 0.05) is 19.1 Å². The second-order valence-electron chi connectivity index (χ2n) is 3.92. The van der Waals surface area contributed by atoms with Gasteiger partial charge in [-0.15, -0.1) is 0 Å². The Balaban J connectivity index is 1.87. The van der Waals surface area contributed by atoms with E-state index in [0.717, 1.165) is 12.2 Å². The van der Waals surface area contributed by atoms with Crippen LogP contribution in [0.3, 0.4) is 0 Å². The Morgan fingerprint density at radius 3 is 2.47 bits per heavy atom. The summed E-state index contributed by atoms with van der Waals surface area (Å²) in [5.41, 5.74) is 7.11. The highest BCUT2D eigenvalue weighted by molar-refractivity contribution is 5.33. The predicted molar refractivity (Wildman–Crippen MR) is 59.1 cm³/mol. The molecule has 1 fully saturated rings. The quantitative estimate of drug-likeness (QED) is 0.745. The Hall–Kier alpha value is -1.06. The lowest BCUT2D eigenvalue weighted by atomic mass is 10.1. The number of nitrogens with two attached hydrogens (primary N) is 1. The number of rotatable bonds is 5. The van der Waals surface area contributed by atoms with Crippen molar-refractivity contribution in [1.29, 1.82) is 0 Å². The van der Waals surface area contributed by atoms with Crippen LogP contribution in [0.4, 0.5) is 0 Å². The summed E-state index contributed by atoms with van der Waals surface area (Å²) in [5, 5.41) is 0. The van der Waals surface area contributed by atoms with Crippen molar-refractivity contribution < 1.29 is 9.47 Å². The topological polar surface area (TPSA) is 44.5 Å². The van der Waals surface area contributed by atoms with Gasteiger partial charge < -0.3 is 15.2 Å². The van der Waals surface area contributed by atoms with Gasteiger partial charge in [-0.2, -0.15) is 0 Å². The van der Waals surface area contributed by atoms with Crippen molar-refractivity contribution in [1.82, 2.24) is 0 Å². The summed E-state index contributed by atoms with van der Waals surface area (Å²) in [6, 6.07) is 8.55. The van der Waals surface area contributed by atoms with Gasteiger partial charge in [0.25, 0.3) is 0 Å². The second-order valence-corrected chi connectivity index (χ2v) is 3.92. The summed E-state index contributed by atoms with van der Waals surface area (Å²) in [6.07, 6.45) is 1.11. The molecule has 1 aliphatic carbocycles. The predicted octanol–water partition coefficient (Wildman–Crippen LogP) is 1.53. The van der Waals surface area contributed by atoms with Gasteiger partial charge in [-0.05, 0) is 24.1 Å². The molecule has 2 atom stereocenters. The molecular weight excluding hydrogens is 190 g/mol. The van der Waals surface area contributed by atoms with Crippen molar-refractivity contribution in [3.8, 4) is 5.75 Å². The maximum absolute atomic E-state index is 5.79. The number of hydrogen-bond donors (Lipinski definition) is 1. The Bertz CT molecular complexity index is 310. The molecule has 1 saturated carbocycles.